The highest BCUT2D eigenvalue weighted by molar-refractivity contribution is 7.85. The molecule has 0 amide bonds. The zero-order valence-electron chi connectivity index (χ0n) is 4.79. The van der Waals surface area contributed by atoms with Gasteiger partial charge in [0, 0.05) is 23.7 Å². The Bertz CT molecular complexity index is 183. The number of carbonyl (C=O) groups excluding carboxylic acids is 1. The monoisotopic (exact) mass is 141 g/mol. The average Bonchev–Trinajstić information content (AvgIpc) is 1.99. The molecule has 0 aromatic rings. The minimum atomic E-state index is -0.0386. The van der Waals surface area contributed by atoms with E-state index in [0.717, 1.165) is 0 Å². The maximum atomic E-state index is 10.7. The highest BCUT2D eigenvalue weighted by atomic mass is 32.1. The molecule has 0 aromatic heterocycles. The number of hydrogen-bond donors (Lipinski definition) is 2. The van der Waals surface area contributed by atoms with Crippen LogP contribution in [0, 0.1) is 0 Å². The highest BCUT2D eigenvalue weighted by Gasteiger charge is 2.00. The molecule has 0 saturated heterocycles. The quantitative estimate of drug-likeness (QED) is 0.481. The van der Waals surface area contributed by atoms with Crippen LogP contribution in [0.25, 0.3) is 0 Å². The van der Waals surface area contributed by atoms with Crippen LogP contribution >= 0.6 is 12.6 Å². The molecule has 0 radical (unpaired) electrons. The lowest BCUT2D eigenvalue weighted by Crippen LogP contribution is -2.01. The standard InChI is InChI=1S/C6H7NOS/c8-5-1-3-7-4-2-6(5)9/h1-3,7,9H,4H2. The Morgan fingerprint density at radius 3 is 3.22 bits per heavy atom. The fourth-order valence-electron chi connectivity index (χ4n) is 0.544. The fourth-order valence-corrected chi connectivity index (χ4v) is 0.710. The molecule has 0 fully saturated rings. The average molecular weight is 141 g/mol. The Morgan fingerprint density at radius 1 is 1.67 bits per heavy atom. The summed E-state index contributed by atoms with van der Waals surface area (Å²) in [6, 6.07) is 0. The molecule has 0 unspecified atom stereocenters. The van der Waals surface area contributed by atoms with Crippen molar-refractivity contribution >= 4 is 18.4 Å². The van der Waals surface area contributed by atoms with Crippen LogP contribution in [0.2, 0.25) is 0 Å². The summed E-state index contributed by atoms with van der Waals surface area (Å²) in [6.45, 7) is 0.682. The molecule has 1 N–H and O–H groups in total. The van der Waals surface area contributed by atoms with Crippen molar-refractivity contribution < 1.29 is 4.79 Å². The fraction of sp³-hybridized carbons (Fsp3) is 0.167. The van der Waals surface area contributed by atoms with Crippen LogP contribution < -0.4 is 5.32 Å². The molecule has 3 heteroatoms. The molecular formula is C6H7NOS. The molecule has 0 atom stereocenters. The number of nitrogens with one attached hydrogen (secondary N) is 1. The maximum Gasteiger partial charge on any atom is 0.193 e. The second kappa shape index (κ2) is 2.73. The first-order valence-corrected chi connectivity index (χ1v) is 3.09. The van der Waals surface area contributed by atoms with E-state index in [9.17, 15) is 4.79 Å². The van der Waals surface area contributed by atoms with Gasteiger partial charge in [-0.1, -0.05) is 0 Å². The molecule has 1 aliphatic heterocycles. The van der Waals surface area contributed by atoms with Crippen LogP contribution in [-0.4, -0.2) is 12.3 Å². The lowest BCUT2D eigenvalue weighted by Gasteiger charge is -1.87. The first-order chi connectivity index (χ1) is 4.30. The molecule has 0 spiro atoms. The van der Waals surface area contributed by atoms with Crippen molar-refractivity contribution in [2.75, 3.05) is 6.54 Å². The summed E-state index contributed by atoms with van der Waals surface area (Å²) in [4.78, 5) is 11.3. The molecule has 1 rings (SSSR count). The van der Waals surface area contributed by atoms with Gasteiger partial charge in [-0.15, -0.1) is 12.6 Å². The van der Waals surface area contributed by atoms with Gasteiger partial charge in [0.2, 0.25) is 0 Å². The zero-order chi connectivity index (χ0) is 6.69. The van der Waals surface area contributed by atoms with E-state index in [1.165, 1.54) is 6.08 Å². The summed E-state index contributed by atoms with van der Waals surface area (Å²) in [5.74, 6) is -0.0386. The molecule has 1 aliphatic rings. The van der Waals surface area contributed by atoms with Crippen LogP contribution in [0.5, 0.6) is 0 Å². The van der Waals surface area contributed by atoms with E-state index in [2.05, 4.69) is 17.9 Å². The maximum absolute atomic E-state index is 10.7. The van der Waals surface area contributed by atoms with Gasteiger partial charge in [0.1, 0.15) is 0 Å². The van der Waals surface area contributed by atoms with Crippen LogP contribution in [0.1, 0.15) is 0 Å². The largest absolute Gasteiger partial charge is 0.387 e. The van der Waals surface area contributed by atoms with Crippen molar-refractivity contribution in [2.45, 2.75) is 0 Å². The summed E-state index contributed by atoms with van der Waals surface area (Å²) in [7, 11) is 0. The summed E-state index contributed by atoms with van der Waals surface area (Å²) < 4.78 is 0. The van der Waals surface area contributed by atoms with Crippen LogP contribution in [-0.2, 0) is 4.79 Å². The molecule has 9 heavy (non-hydrogen) atoms. The first-order valence-electron chi connectivity index (χ1n) is 2.64. The number of ketones is 1. The van der Waals surface area contributed by atoms with Crippen molar-refractivity contribution in [1.82, 2.24) is 5.32 Å². The number of rotatable bonds is 0. The normalized spacial score (nSPS) is 18.3. The van der Waals surface area contributed by atoms with E-state index in [1.54, 1.807) is 12.3 Å². The van der Waals surface area contributed by atoms with Crippen LogP contribution in [0.4, 0.5) is 0 Å². The van der Waals surface area contributed by atoms with E-state index < -0.39 is 0 Å². The van der Waals surface area contributed by atoms with Gasteiger partial charge in [0.05, 0.1) is 0 Å². The third kappa shape index (κ3) is 1.61. The van der Waals surface area contributed by atoms with Gasteiger partial charge in [-0.25, -0.2) is 0 Å². The van der Waals surface area contributed by atoms with Crippen molar-refractivity contribution in [3.8, 4) is 0 Å². The van der Waals surface area contributed by atoms with E-state index in [4.69, 9.17) is 0 Å². The first kappa shape index (κ1) is 6.42. The Balaban J connectivity index is 2.78. The van der Waals surface area contributed by atoms with Gasteiger partial charge in [-0.05, 0) is 6.08 Å². The number of carbonyl (C=O) groups is 1. The van der Waals surface area contributed by atoms with Crippen LogP contribution in [0.15, 0.2) is 23.3 Å². The van der Waals surface area contributed by atoms with E-state index >= 15 is 0 Å². The van der Waals surface area contributed by atoms with Crippen molar-refractivity contribution in [2.24, 2.45) is 0 Å². The predicted molar refractivity (Wildman–Crippen MR) is 39.2 cm³/mol. The molecule has 0 aromatic carbocycles. The highest BCUT2D eigenvalue weighted by Crippen LogP contribution is 2.03. The topological polar surface area (TPSA) is 29.1 Å². The van der Waals surface area contributed by atoms with Gasteiger partial charge in [-0.3, -0.25) is 4.79 Å². The lowest BCUT2D eigenvalue weighted by atomic mass is 10.3. The smallest absolute Gasteiger partial charge is 0.193 e. The van der Waals surface area contributed by atoms with Gasteiger partial charge in [0.15, 0.2) is 5.78 Å². The SMILES string of the molecule is O=C1C=CNCC=C1S. The zero-order valence-corrected chi connectivity index (χ0v) is 5.69. The summed E-state index contributed by atoms with van der Waals surface area (Å²) in [5.41, 5.74) is 0. The van der Waals surface area contributed by atoms with Crippen molar-refractivity contribution in [1.29, 1.82) is 0 Å². The Labute approximate surface area is 59.0 Å². The Hall–Kier alpha value is -0.700. The number of allylic oxidation sites excluding steroid dienone is 2. The van der Waals surface area contributed by atoms with Crippen molar-refractivity contribution in [3.63, 3.8) is 0 Å². The minimum Gasteiger partial charge on any atom is -0.387 e. The van der Waals surface area contributed by atoms with E-state index in [0.29, 0.717) is 11.4 Å². The third-order valence-electron chi connectivity index (χ3n) is 1.02. The molecule has 0 bridgehead atoms. The minimum absolute atomic E-state index is 0.0386. The van der Waals surface area contributed by atoms with Gasteiger partial charge >= 0.3 is 0 Å². The molecule has 1 heterocycles. The summed E-state index contributed by atoms with van der Waals surface area (Å²) in [5, 5.41) is 2.88. The van der Waals surface area contributed by atoms with Gasteiger partial charge in [0.25, 0.3) is 0 Å². The number of hydrogen-bond acceptors (Lipinski definition) is 3. The molecule has 2 nitrogen and oxygen atoms in total. The predicted octanol–water partition coefficient (Wildman–Crippen LogP) is 0.486. The summed E-state index contributed by atoms with van der Waals surface area (Å²) in [6.07, 6.45) is 4.83. The van der Waals surface area contributed by atoms with E-state index in [-0.39, 0.29) is 5.78 Å². The molecule has 0 aliphatic carbocycles. The molecular weight excluding hydrogens is 134 g/mol. The number of thiol groups is 1. The molecule has 0 saturated carbocycles. The summed E-state index contributed by atoms with van der Waals surface area (Å²) >= 11 is 3.95. The Kier molecular flexibility index (Phi) is 1.95. The third-order valence-corrected chi connectivity index (χ3v) is 1.42. The van der Waals surface area contributed by atoms with E-state index in [1.807, 2.05) is 0 Å². The van der Waals surface area contributed by atoms with Crippen molar-refractivity contribution in [3.05, 3.63) is 23.3 Å². The molecule has 48 valence electrons. The van der Waals surface area contributed by atoms with Gasteiger partial charge in [-0.2, -0.15) is 0 Å². The lowest BCUT2D eigenvalue weighted by molar-refractivity contribution is -0.110. The Morgan fingerprint density at radius 2 is 2.44 bits per heavy atom. The second-order valence-electron chi connectivity index (χ2n) is 1.70. The van der Waals surface area contributed by atoms with Gasteiger partial charge < -0.3 is 5.32 Å². The van der Waals surface area contributed by atoms with Crippen LogP contribution in [0.3, 0.4) is 0 Å². The second-order valence-corrected chi connectivity index (χ2v) is 2.18.